The Hall–Kier alpha value is -2.63. The van der Waals surface area contributed by atoms with Crippen molar-refractivity contribution < 1.29 is 14.3 Å². The number of benzene rings is 1. The van der Waals surface area contributed by atoms with Crippen molar-refractivity contribution in [2.24, 2.45) is 11.3 Å². The van der Waals surface area contributed by atoms with Gasteiger partial charge in [0.25, 0.3) is 5.91 Å². The van der Waals surface area contributed by atoms with E-state index < -0.39 is 5.91 Å². The van der Waals surface area contributed by atoms with Crippen molar-refractivity contribution in [2.45, 2.75) is 40.0 Å². The van der Waals surface area contributed by atoms with Crippen LogP contribution in [0.1, 0.15) is 53.6 Å². The van der Waals surface area contributed by atoms with Gasteiger partial charge in [-0.2, -0.15) is 5.26 Å². The fourth-order valence-corrected chi connectivity index (χ4v) is 5.45. The molecular formula is C23H27N3O3S2. The van der Waals surface area contributed by atoms with Gasteiger partial charge in [-0.05, 0) is 60.5 Å². The van der Waals surface area contributed by atoms with Crippen molar-refractivity contribution in [2.75, 3.05) is 19.5 Å². The third-order valence-electron chi connectivity index (χ3n) is 5.71. The zero-order valence-electron chi connectivity index (χ0n) is 18.4. The third-order valence-corrected chi connectivity index (χ3v) is 7.08. The Labute approximate surface area is 192 Å². The average molecular weight is 458 g/mol. The number of nitrogens with zero attached hydrogens (tertiary/aromatic N) is 1. The number of methoxy groups -OCH3 is 2. The van der Waals surface area contributed by atoms with Gasteiger partial charge in [0, 0.05) is 4.88 Å². The molecule has 8 heteroatoms. The highest BCUT2D eigenvalue weighted by atomic mass is 32.1. The molecule has 1 amide bonds. The van der Waals surface area contributed by atoms with Crippen LogP contribution in [0.25, 0.3) is 0 Å². The quantitative estimate of drug-likeness (QED) is 0.635. The molecule has 0 saturated heterocycles. The fraction of sp³-hybridized carbons (Fsp3) is 0.435. The first-order chi connectivity index (χ1) is 14.7. The molecule has 0 spiro atoms. The molecule has 1 aliphatic rings. The molecule has 164 valence electrons. The Balaban J connectivity index is 1.79. The zero-order chi connectivity index (χ0) is 22.8. The van der Waals surface area contributed by atoms with Crippen molar-refractivity contribution in [3.8, 4) is 17.6 Å². The van der Waals surface area contributed by atoms with Gasteiger partial charge in [-0.25, -0.2) is 0 Å². The van der Waals surface area contributed by atoms with E-state index in [1.165, 1.54) is 19.1 Å². The molecule has 0 aliphatic heterocycles. The first-order valence-corrected chi connectivity index (χ1v) is 11.3. The minimum Gasteiger partial charge on any atom is -0.496 e. The highest BCUT2D eigenvalue weighted by Crippen LogP contribution is 2.44. The van der Waals surface area contributed by atoms with Crippen LogP contribution in [-0.2, 0) is 12.8 Å². The molecule has 1 aromatic carbocycles. The molecule has 3 rings (SSSR count). The van der Waals surface area contributed by atoms with Crippen LogP contribution >= 0.6 is 23.6 Å². The molecule has 31 heavy (non-hydrogen) atoms. The van der Waals surface area contributed by atoms with Gasteiger partial charge >= 0.3 is 0 Å². The minimum absolute atomic E-state index is 0.125. The molecule has 2 aromatic rings. The van der Waals surface area contributed by atoms with E-state index in [1.807, 2.05) is 0 Å². The van der Waals surface area contributed by atoms with E-state index in [0.717, 1.165) is 24.8 Å². The SMILES string of the molecule is COc1cccc(OC)c1C(=O)NC(=S)Nc1sc2c(c1C#N)CCC(C(C)(C)C)C2. The van der Waals surface area contributed by atoms with Crippen LogP contribution in [0.5, 0.6) is 11.5 Å². The maximum Gasteiger partial charge on any atom is 0.264 e. The van der Waals surface area contributed by atoms with Crippen molar-refractivity contribution in [3.63, 3.8) is 0 Å². The number of hydrogen-bond acceptors (Lipinski definition) is 6. The molecule has 0 fully saturated rings. The highest BCUT2D eigenvalue weighted by molar-refractivity contribution is 7.80. The molecule has 6 nitrogen and oxygen atoms in total. The second-order valence-electron chi connectivity index (χ2n) is 8.57. The van der Waals surface area contributed by atoms with E-state index in [0.29, 0.717) is 28.0 Å². The maximum absolute atomic E-state index is 12.8. The third kappa shape index (κ3) is 4.83. The fourth-order valence-electron chi connectivity index (χ4n) is 3.91. The van der Waals surface area contributed by atoms with Crippen molar-refractivity contribution >= 4 is 39.6 Å². The highest BCUT2D eigenvalue weighted by Gasteiger charge is 2.32. The molecule has 2 N–H and O–H groups in total. The van der Waals surface area contributed by atoms with Crippen molar-refractivity contribution in [1.29, 1.82) is 5.26 Å². The van der Waals surface area contributed by atoms with Gasteiger partial charge in [0.05, 0.1) is 19.8 Å². The number of carbonyl (C=O) groups excluding carboxylic acids is 1. The smallest absolute Gasteiger partial charge is 0.264 e. The maximum atomic E-state index is 12.8. The summed E-state index contributed by atoms with van der Waals surface area (Å²) in [6, 6.07) is 7.42. The number of thiophene rings is 1. The number of fused-ring (bicyclic) bond motifs is 1. The van der Waals surface area contributed by atoms with Gasteiger partial charge in [0.2, 0.25) is 0 Å². The summed E-state index contributed by atoms with van der Waals surface area (Å²) in [7, 11) is 2.98. The predicted molar refractivity (Wildman–Crippen MR) is 127 cm³/mol. The van der Waals surface area contributed by atoms with E-state index in [4.69, 9.17) is 21.7 Å². The summed E-state index contributed by atoms with van der Waals surface area (Å²) in [5.74, 6) is 0.900. The summed E-state index contributed by atoms with van der Waals surface area (Å²) in [5, 5.41) is 16.3. The van der Waals surface area contributed by atoms with Crippen LogP contribution in [0, 0.1) is 22.7 Å². The van der Waals surface area contributed by atoms with Gasteiger partial charge in [-0.3, -0.25) is 10.1 Å². The molecule has 1 unspecified atom stereocenters. The molecule has 1 heterocycles. The van der Waals surface area contributed by atoms with Crippen molar-refractivity contribution in [3.05, 3.63) is 39.8 Å². The van der Waals surface area contributed by atoms with Gasteiger partial charge in [0.15, 0.2) is 5.11 Å². The largest absolute Gasteiger partial charge is 0.496 e. The first kappa shape index (κ1) is 23.0. The summed E-state index contributed by atoms with van der Waals surface area (Å²) in [6.07, 6.45) is 2.91. The van der Waals surface area contributed by atoms with Gasteiger partial charge in [-0.1, -0.05) is 26.8 Å². The molecule has 0 radical (unpaired) electrons. The summed E-state index contributed by atoms with van der Waals surface area (Å²) < 4.78 is 10.6. The van der Waals surface area contributed by atoms with Crippen LogP contribution in [-0.4, -0.2) is 25.2 Å². The number of nitrogens with one attached hydrogen (secondary N) is 2. The topological polar surface area (TPSA) is 83.4 Å². The first-order valence-electron chi connectivity index (χ1n) is 10.1. The molecule has 1 atom stereocenters. The summed E-state index contributed by atoms with van der Waals surface area (Å²) >= 11 is 6.93. The van der Waals surface area contributed by atoms with Gasteiger partial charge in [0.1, 0.15) is 28.1 Å². The second kappa shape index (κ2) is 9.25. The Morgan fingerprint density at radius 1 is 1.26 bits per heavy atom. The van der Waals surface area contributed by atoms with Crippen molar-refractivity contribution in [1.82, 2.24) is 5.32 Å². The van der Waals surface area contributed by atoms with E-state index in [1.54, 1.807) is 29.5 Å². The van der Waals surface area contributed by atoms with E-state index in [-0.39, 0.29) is 16.1 Å². The molecular weight excluding hydrogens is 430 g/mol. The number of amides is 1. The lowest BCUT2D eigenvalue weighted by Crippen LogP contribution is -2.34. The van der Waals surface area contributed by atoms with Gasteiger partial charge < -0.3 is 14.8 Å². The average Bonchev–Trinajstić information content (AvgIpc) is 3.07. The zero-order valence-corrected chi connectivity index (χ0v) is 20.1. The Morgan fingerprint density at radius 3 is 2.45 bits per heavy atom. The van der Waals surface area contributed by atoms with E-state index in [2.05, 4.69) is 37.5 Å². The molecule has 0 saturated carbocycles. The lowest BCUT2D eigenvalue weighted by molar-refractivity contribution is 0.0971. The summed E-state index contributed by atoms with van der Waals surface area (Å²) in [6.45, 7) is 6.78. The Kier molecular flexibility index (Phi) is 6.87. The van der Waals surface area contributed by atoms with Crippen LogP contribution in [0.15, 0.2) is 18.2 Å². The van der Waals surface area contributed by atoms with Crippen LogP contribution in [0.2, 0.25) is 0 Å². The molecule has 1 aliphatic carbocycles. The summed E-state index contributed by atoms with van der Waals surface area (Å²) in [5.41, 5.74) is 2.21. The number of nitriles is 1. The molecule has 1 aromatic heterocycles. The minimum atomic E-state index is -0.445. The van der Waals surface area contributed by atoms with Crippen LogP contribution < -0.4 is 20.1 Å². The van der Waals surface area contributed by atoms with E-state index in [9.17, 15) is 10.1 Å². The summed E-state index contributed by atoms with van der Waals surface area (Å²) in [4.78, 5) is 14.1. The Bertz CT molecular complexity index is 1030. The normalized spacial score (nSPS) is 15.4. The lowest BCUT2D eigenvalue weighted by atomic mass is 9.72. The predicted octanol–water partition coefficient (Wildman–Crippen LogP) is 4.91. The molecule has 0 bridgehead atoms. The number of thiocarbonyl (C=S) groups is 1. The number of hydrogen-bond donors (Lipinski definition) is 2. The van der Waals surface area contributed by atoms with E-state index >= 15 is 0 Å². The monoisotopic (exact) mass is 457 g/mol. The number of anilines is 1. The number of carbonyl (C=O) groups is 1. The van der Waals surface area contributed by atoms with Crippen LogP contribution in [0.3, 0.4) is 0 Å². The van der Waals surface area contributed by atoms with Gasteiger partial charge in [-0.15, -0.1) is 11.3 Å². The second-order valence-corrected chi connectivity index (χ2v) is 10.1. The van der Waals surface area contributed by atoms with Crippen LogP contribution in [0.4, 0.5) is 5.00 Å². The number of ether oxygens (including phenoxy) is 2. The Morgan fingerprint density at radius 2 is 1.90 bits per heavy atom. The number of rotatable bonds is 4. The standard InChI is InChI=1S/C23H27N3O3S2/c1-23(2,3)13-9-10-14-15(12-24)21(31-18(14)11-13)26-22(30)25-20(27)19-16(28-4)7-6-8-17(19)29-5/h6-8,13H,9-11H2,1-5H3,(H2,25,26,27,30). The lowest BCUT2D eigenvalue weighted by Gasteiger charge is -2.33.